The van der Waals surface area contributed by atoms with Crippen LogP contribution < -0.4 is 15.1 Å². The van der Waals surface area contributed by atoms with Gasteiger partial charge in [-0.1, -0.05) is 36.4 Å². The second kappa shape index (κ2) is 8.44. The Bertz CT molecular complexity index is 1040. The third-order valence-corrected chi connectivity index (χ3v) is 6.37. The number of para-hydroxylation sites is 2. The van der Waals surface area contributed by atoms with Crippen LogP contribution in [0.25, 0.3) is 10.9 Å². The lowest BCUT2D eigenvalue weighted by molar-refractivity contribution is -0.890. The lowest BCUT2D eigenvalue weighted by Gasteiger charge is -2.21. The number of nitrogens with zero attached hydrogens (tertiary/aromatic N) is 2. The van der Waals surface area contributed by atoms with E-state index in [0.717, 1.165) is 59.7 Å². The van der Waals surface area contributed by atoms with E-state index in [-0.39, 0.29) is 5.91 Å². The minimum Gasteiger partial charge on any atom is -0.327 e. The molecule has 0 saturated carbocycles. The van der Waals surface area contributed by atoms with Gasteiger partial charge in [-0.2, -0.15) is 0 Å². The number of amides is 1. The standard InChI is InChI=1S/C25H28N4O/c30-23(18-28-15-8-1-2-9-16-28)27-24-20-12-6-7-13-22(20)26-25-21(24)14-17-29(25)19-10-4-3-5-11-19/h3-7,10-13H,1-2,8-9,14-18H2,(H,26,27,30)/p+1. The molecule has 0 bridgehead atoms. The summed E-state index contributed by atoms with van der Waals surface area (Å²) in [6.45, 7) is 3.63. The molecule has 2 aromatic carbocycles. The number of hydrogen-bond acceptors (Lipinski definition) is 3. The van der Waals surface area contributed by atoms with Gasteiger partial charge in [0.05, 0.1) is 24.3 Å². The van der Waals surface area contributed by atoms with Crippen molar-refractivity contribution in [3.05, 3.63) is 60.2 Å². The Labute approximate surface area is 177 Å². The van der Waals surface area contributed by atoms with E-state index in [4.69, 9.17) is 4.98 Å². The molecular formula is C25H29N4O+. The summed E-state index contributed by atoms with van der Waals surface area (Å²) in [6, 6.07) is 18.5. The minimum absolute atomic E-state index is 0.114. The minimum atomic E-state index is 0.114. The number of anilines is 3. The summed E-state index contributed by atoms with van der Waals surface area (Å²) in [7, 11) is 0. The number of fused-ring (bicyclic) bond motifs is 2. The summed E-state index contributed by atoms with van der Waals surface area (Å²) in [5, 5.41) is 4.33. The Morgan fingerprint density at radius 2 is 1.70 bits per heavy atom. The predicted molar refractivity (Wildman–Crippen MR) is 122 cm³/mol. The van der Waals surface area contributed by atoms with E-state index < -0.39 is 0 Å². The van der Waals surface area contributed by atoms with Crippen molar-refractivity contribution < 1.29 is 9.69 Å². The van der Waals surface area contributed by atoms with Crippen molar-refractivity contribution in [3.8, 4) is 0 Å². The smallest absolute Gasteiger partial charge is 0.279 e. The second-order valence-electron chi connectivity index (χ2n) is 8.43. The van der Waals surface area contributed by atoms with Crippen molar-refractivity contribution in [2.24, 2.45) is 0 Å². The van der Waals surface area contributed by atoms with Crippen LogP contribution in [-0.2, 0) is 11.2 Å². The van der Waals surface area contributed by atoms with Crippen molar-refractivity contribution in [2.75, 3.05) is 36.4 Å². The molecule has 0 aliphatic carbocycles. The molecule has 5 heteroatoms. The maximum atomic E-state index is 13.0. The van der Waals surface area contributed by atoms with E-state index in [9.17, 15) is 4.79 Å². The van der Waals surface area contributed by atoms with Gasteiger partial charge in [0.1, 0.15) is 5.82 Å². The zero-order valence-electron chi connectivity index (χ0n) is 17.4. The Hall–Kier alpha value is -2.92. The fourth-order valence-corrected chi connectivity index (χ4v) is 4.85. The maximum absolute atomic E-state index is 13.0. The van der Waals surface area contributed by atoms with Gasteiger partial charge in [-0.25, -0.2) is 4.98 Å². The van der Waals surface area contributed by atoms with Gasteiger partial charge in [-0.15, -0.1) is 0 Å². The quantitative estimate of drug-likeness (QED) is 0.705. The van der Waals surface area contributed by atoms with Crippen LogP contribution in [0.4, 0.5) is 17.2 Å². The van der Waals surface area contributed by atoms with Gasteiger partial charge in [-0.05, 0) is 50.3 Å². The van der Waals surface area contributed by atoms with Crippen LogP contribution in [-0.4, -0.2) is 37.1 Å². The van der Waals surface area contributed by atoms with Crippen LogP contribution in [0.3, 0.4) is 0 Å². The summed E-state index contributed by atoms with van der Waals surface area (Å²) in [6.07, 6.45) is 5.92. The fraction of sp³-hybridized carbons (Fsp3) is 0.360. The zero-order valence-corrected chi connectivity index (χ0v) is 17.4. The third-order valence-electron chi connectivity index (χ3n) is 6.37. The van der Waals surface area contributed by atoms with E-state index in [0.29, 0.717) is 6.54 Å². The highest BCUT2D eigenvalue weighted by atomic mass is 16.2. The highest BCUT2D eigenvalue weighted by Gasteiger charge is 2.28. The Balaban J connectivity index is 1.48. The number of aromatic nitrogens is 1. The van der Waals surface area contributed by atoms with Crippen molar-refractivity contribution >= 4 is 34.0 Å². The first-order chi connectivity index (χ1) is 14.8. The molecule has 2 aliphatic rings. The normalized spacial score (nSPS) is 17.0. The number of rotatable bonds is 4. The summed E-state index contributed by atoms with van der Waals surface area (Å²) in [5.74, 6) is 1.08. The molecule has 0 unspecified atom stereocenters. The first-order valence-corrected chi connectivity index (χ1v) is 11.2. The monoisotopic (exact) mass is 401 g/mol. The first kappa shape index (κ1) is 19.1. The van der Waals surface area contributed by atoms with Gasteiger partial charge in [0, 0.05) is 23.2 Å². The number of carbonyl (C=O) groups excluding carboxylic acids is 1. The predicted octanol–water partition coefficient (Wildman–Crippen LogP) is 3.33. The van der Waals surface area contributed by atoms with Gasteiger partial charge in [0.25, 0.3) is 5.91 Å². The molecular weight excluding hydrogens is 372 g/mol. The number of benzene rings is 2. The Kier molecular flexibility index (Phi) is 5.37. The lowest BCUT2D eigenvalue weighted by Crippen LogP contribution is -3.12. The van der Waals surface area contributed by atoms with Crippen molar-refractivity contribution in [1.29, 1.82) is 0 Å². The molecule has 2 N–H and O–H groups in total. The SMILES string of the molecule is O=C(C[NH+]1CCCCCC1)Nc1c2c(nc3ccccc13)N(c1ccccc1)CC2. The number of nitrogens with one attached hydrogen (secondary N) is 2. The molecule has 2 aliphatic heterocycles. The average molecular weight is 402 g/mol. The summed E-state index contributed by atoms with van der Waals surface area (Å²) >= 11 is 0. The van der Waals surface area contributed by atoms with E-state index in [1.807, 2.05) is 24.3 Å². The summed E-state index contributed by atoms with van der Waals surface area (Å²) in [5.41, 5.74) is 4.17. The average Bonchev–Trinajstić information content (AvgIpc) is 3.03. The first-order valence-electron chi connectivity index (χ1n) is 11.2. The zero-order chi connectivity index (χ0) is 20.3. The van der Waals surface area contributed by atoms with Crippen LogP contribution in [0.1, 0.15) is 31.2 Å². The van der Waals surface area contributed by atoms with E-state index in [1.54, 1.807) is 0 Å². The van der Waals surface area contributed by atoms with Gasteiger partial charge in [-0.3, -0.25) is 4.79 Å². The van der Waals surface area contributed by atoms with E-state index >= 15 is 0 Å². The highest BCUT2D eigenvalue weighted by Crippen LogP contribution is 2.40. The van der Waals surface area contributed by atoms with Gasteiger partial charge >= 0.3 is 0 Å². The summed E-state index contributed by atoms with van der Waals surface area (Å²) in [4.78, 5) is 21.7. The van der Waals surface area contributed by atoms with Gasteiger partial charge in [0.15, 0.2) is 6.54 Å². The third kappa shape index (κ3) is 3.77. The molecule has 0 radical (unpaired) electrons. The number of carbonyl (C=O) groups is 1. The van der Waals surface area contributed by atoms with Gasteiger partial charge in [0.2, 0.25) is 0 Å². The molecule has 3 heterocycles. The number of pyridine rings is 1. The van der Waals surface area contributed by atoms with E-state index in [1.165, 1.54) is 30.6 Å². The van der Waals surface area contributed by atoms with Crippen LogP contribution in [0.5, 0.6) is 0 Å². The van der Waals surface area contributed by atoms with Crippen LogP contribution in [0.15, 0.2) is 54.6 Å². The largest absolute Gasteiger partial charge is 0.327 e. The Morgan fingerprint density at radius 1 is 0.967 bits per heavy atom. The van der Waals surface area contributed by atoms with Crippen LogP contribution >= 0.6 is 0 Å². The van der Waals surface area contributed by atoms with Crippen LogP contribution in [0.2, 0.25) is 0 Å². The summed E-state index contributed by atoms with van der Waals surface area (Å²) < 4.78 is 0. The fourth-order valence-electron chi connectivity index (χ4n) is 4.85. The van der Waals surface area contributed by atoms with Gasteiger partial charge < -0.3 is 15.1 Å². The van der Waals surface area contributed by atoms with Crippen molar-refractivity contribution in [2.45, 2.75) is 32.1 Å². The van der Waals surface area contributed by atoms with E-state index in [2.05, 4.69) is 40.5 Å². The number of likely N-dealkylation sites (tertiary alicyclic amines) is 1. The molecule has 5 nitrogen and oxygen atoms in total. The van der Waals surface area contributed by atoms with Crippen LogP contribution in [0, 0.1) is 0 Å². The molecule has 1 amide bonds. The van der Waals surface area contributed by atoms with Crippen molar-refractivity contribution in [1.82, 2.24) is 4.98 Å². The number of hydrogen-bond donors (Lipinski definition) is 2. The molecule has 5 rings (SSSR count). The topological polar surface area (TPSA) is 49.7 Å². The lowest BCUT2D eigenvalue weighted by atomic mass is 10.1. The molecule has 154 valence electrons. The maximum Gasteiger partial charge on any atom is 0.279 e. The molecule has 0 atom stereocenters. The highest BCUT2D eigenvalue weighted by molar-refractivity contribution is 6.04. The molecule has 1 fully saturated rings. The molecule has 30 heavy (non-hydrogen) atoms. The number of quaternary nitrogens is 1. The Morgan fingerprint density at radius 3 is 2.50 bits per heavy atom. The molecule has 1 saturated heterocycles. The molecule has 1 aromatic heterocycles. The van der Waals surface area contributed by atoms with Crippen molar-refractivity contribution in [3.63, 3.8) is 0 Å². The second-order valence-corrected chi connectivity index (χ2v) is 8.43. The molecule has 0 spiro atoms. The molecule has 3 aromatic rings.